The van der Waals surface area contributed by atoms with Gasteiger partial charge in [-0.25, -0.2) is 8.42 Å². The maximum Gasteiger partial charge on any atom is 0.256 e. The van der Waals surface area contributed by atoms with Crippen molar-refractivity contribution in [3.63, 3.8) is 0 Å². The Morgan fingerprint density at radius 3 is 2.73 bits per heavy atom. The fraction of sp³-hybridized carbons (Fsp3) is 0.316. The van der Waals surface area contributed by atoms with Gasteiger partial charge in [-0.05, 0) is 30.2 Å². The van der Waals surface area contributed by atoms with Gasteiger partial charge in [0.15, 0.2) is 0 Å². The van der Waals surface area contributed by atoms with Gasteiger partial charge in [0.1, 0.15) is 11.9 Å². The molecule has 2 aromatic rings. The molecule has 0 aliphatic carbocycles. The van der Waals surface area contributed by atoms with Crippen LogP contribution >= 0.6 is 0 Å². The summed E-state index contributed by atoms with van der Waals surface area (Å²) in [6.07, 6.45) is 7.93. The van der Waals surface area contributed by atoms with Crippen molar-refractivity contribution in [2.75, 3.05) is 12.3 Å². The number of fused-ring (bicyclic) bond motifs is 1. The Morgan fingerprint density at radius 2 is 2.00 bits per heavy atom. The summed E-state index contributed by atoms with van der Waals surface area (Å²) in [6.45, 7) is 4.12. The minimum atomic E-state index is -3.44. The van der Waals surface area contributed by atoms with Gasteiger partial charge in [-0.15, -0.1) is 4.40 Å². The summed E-state index contributed by atoms with van der Waals surface area (Å²) >= 11 is 0. The van der Waals surface area contributed by atoms with Gasteiger partial charge in [0, 0.05) is 30.7 Å². The molecule has 0 spiro atoms. The molecule has 0 aromatic carbocycles. The number of carbonyl (C=O) groups excluding carboxylic acids is 1. The van der Waals surface area contributed by atoms with Crippen LogP contribution in [0.4, 0.5) is 0 Å². The average Bonchev–Trinajstić information content (AvgIpc) is 3.21. The van der Waals surface area contributed by atoms with Crippen LogP contribution in [-0.4, -0.2) is 52.5 Å². The molecule has 0 fully saturated rings. The third kappa shape index (κ3) is 4.15. The number of nitrogens with one attached hydrogen (secondary N) is 1. The van der Waals surface area contributed by atoms with E-state index in [1.54, 1.807) is 41.7 Å². The topological polar surface area (TPSA) is 131 Å². The molecule has 0 saturated heterocycles. The van der Waals surface area contributed by atoms with E-state index in [1.807, 2.05) is 13.8 Å². The van der Waals surface area contributed by atoms with Gasteiger partial charge in [-0.2, -0.15) is 4.98 Å². The Labute approximate surface area is 173 Å². The highest BCUT2D eigenvalue weighted by molar-refractivity contribution is 7.90. The number of rotatable bonds is 5. The van der Waals surface area contributed by atoms with E-state index in [2.05, 4.69) is 24.8 Å². The maximum atomic E-state index is 12.9. The summed E-state index contributed by atoms with van der Waals surface area (Å²) < 4.78 is 32.4. The van der Waals surface area contributed by atoms with Crippen LogP contribution in [0, 0.1) is 5.92 Å². The molecule has 11 heteroatoms. The molecular weight excluding hydrogens is 408 g/mol. The Kier molecular flexibility index (Phi) is 5.20. The quantitative estimate of drug-likeness (QED) is 0.757. The first-order valence-electron chi connectivity index (χ1n) is 9.36. The first-order chi connectivity index (χ1) is 14.3. The molecule has 1 N–H and O–H groups in total. The second-order valence-corrected chi connectivity index (χ2v) is 8.99. The van der Waals surface area contributed by atoms with E-state index < -0.39 is 16.1 Å². The zero-order valence-corrected chi connectivity index (χ0v) is 17.2. The summed E-state index contributed by atoms with van der Waals surface area (Å²) in [4.78, 5) is 22.9. The first-order valence-corrected chi connectivity index (χ1v) is 11.0. The summed E-state index contributed by atoms with van der Waals surface area (Å²) in [5.41, 5.74) is 1.14. The van der Waals surface area contributed by atoms with Gasteiger partial charge >= 0.3 is 0 Å². The lowest BCUT2D eigenvalue weighted by atomic mass is 10.0. The standard InChI is InChI=1S/C19H20N6O4S/c1-12(2)16(19-22-17(23-29-19)13-5-7-20-8-6-13)21-18(26)14-3-4-15-24-30(27,28)10-9-25(15)11-14/h3-8,11-12,16H,9-10H2,1-2H3,(H,21,26). The van der Waals surface area contributed by atoms with Gasteiger partial charge in [-0.1, -0.05) is 19.0 Å². The van der Waals surface area contributed by atoms with Crippen molar-refractivity contribution >= 4 is 21.8 Å². The van der Waals surface area contributed by atoms with Crippen LogP contribution in [0.2, 0.25) is 0 Å². The molecule has 0 bridgehead atoms. The van der Waals surface area contributed by atoms with Crippen LogP contribution in [0.5, 0.6) is 0 Å². The molecule has 10 nitrogen and oxygen atoms in total. The highest BCUT2D eigenvalue weighted by atomic mass is 32.2. The van der Waals surface area contributed by atoms with Gasteiger partial charge in [-0.3, -0.25) is 9.78 Å². The van der Waals surface area contributed by atoms with E-state index >= 15 is 0 Å². The molecular formula is C19H20N6O4S. The number of pyridine rings is 1. The average molecular weight is 428 g/mol. The molecule has 4 rings (SSSR count). The zero-order valence-electron chi connectivity index (χ0n) is 16.4. The van der Waals surface area contributed by atoms with Crippen molar-refractivity contribution in [1.82, 2.24) is 25.3 Å². The normalized spacial score (nSPS) is 18.4. The molecule has 0 saturated carbocycles. The Morgan fingerprint density at radius 1 is 1.23 bits per heavy atom. The number of aromatic nitrogens is 3. The van der Waals surface area contributed by atoms with Crippen molar-refractivity contribution in [2.24, 2.45) is 10.3 Å². The number of amides is 1. The summed E-state index contributed by atoms with van der Waals surface area (Å²) in [5.74, 6) is 0.587. The van der Waals surface area contributed by atoms with E-state index in [9.17, 15) is 13.2 Å². The monoisotopic (exact) mass is 428 g/mol. The van der Waals surface area contributed by atoms with Crippen molar-refractivity contribution in [3.05, 3.63) is 54.3 Å². The lowest BCUT2D eigenvalue weighted by Crippen LogP contribution is -2.39. The zero-order chi connectivity index (χ0) is 21.3. The van der Waals surface area contributed by atoms with Gasteiger partial charge < -0.3 is 14.7 Å². The molecule has 4 heterocycles. The van der Waals surface area contributed by atoms with Crippen LogP contribution in [0.1, 0.15) is 25.8 Å². The van der Waals surface area contributed by atoms with Crippen LogP contribution < -0.4 is 5.32 Å². The predicted octanol–water partition coefficient (Wildman–Crippen LogP) is 1.44. The van der Waals surface area contributed by atoms with Gasteiger partial charge in [0.25, 0.3) is 15.9 Å². The van der Waals surface area contributed by atoms with E-state index in [1.165, 1.54) is 6.08 Å². The summed E-state index contributed by atoms with van der Waals surface area (Å²) in [7, 11) is -3.44. The lowest BCUT2D eigenvalue weighted by molar-refractivity contribution is -0.118. The first kappa shape index (κ1) is 20.0. The van der Waals surface area contributed by atoms with Crippen molar-refractivity contribution in [2.45, 2.75) is 19.9 Å². The largest absolute Gasteiger partial charge is 0.340 e. The number of sulfonamides is 1. The van der Waals surface area contributed by atoms with E-state index in [-0.39, 0.29) is 24.1 Å². The third-order valence-electron chi connectivity index (χ3n) is 4.69. The molecule has 0 radical (unpaired) electrons. The van der Waals surface area contributed by atoms with Crippen molar-refractivity contribution in [1.29, 1.82) is 0 Å². The fourth-order valence-electron chi connectivity index (χ4n) is 3.05. The second-order valence-electron chi connectivity index (χ2n) is 7.23. The number of hydrogen-bond acceptors (Lipinski definition) is 8. The molecule has 156 valence electrons. The molecule has 2 aromatic heterocycles. The molecule has 1 unspecified atom stereocenters. The molecule has 1 atom stereocenters. The molecule has 2 aliphatic heterocycles. The highest BCUT2D eigenvalue weighted by Gasteiger charge is 2.28. The molecule has 2 aliphatic rings. The van der Waals surface area contributed by atoms with E-state index in [4.69, 9.17) is 4.52 Å². The molecule has 30 heavy (non-hydrogen) atoms. The van der Waals surface area contributed by atoms with Crippen LogP contribution in [0.25, 0.3) is 11.4 Å². The Bertz CT molecular complexity index is 1150. The molecule has 1 amide bonds. The fourth-order valence-corrected chi connectivity index (χ4v) is 4.02. The predicted molar refractivity (Wildman–Crippen MR) is 108 cm³/mol. The highest BCUT2D eigenvalue weighted by Crippen LogP contribution is 2.24. The van der Waals surface area contributed by atoms with Gasteiger partial charge in [0.05, 0.1) is 11.3 Å². The number of nitrogens with zero attached hydrogens (tertiary/aromatic N) is 5. The van der Waals surface area contributed by atoms with E-state index in [0.29, 0.717) is 23.1 Å². The van der Waals surface area contributed by atoms with Gasteiger partial charge in [0.2, 0.25) is 11.7 Å². The minimum absolute atomic E-state index is 0.00915. The number of hydrogen-bond donors (Lipinski definition) is 1. The summed E-state index contributed by atoms with van der Waals surface area (Å²) in [5, 5.41) is 6.93. The van der Waals surface area contributed by atoms with Crippen LogP contribution in [0.3, 0.4) is 0 Å². The maximum absolute atomic E-state index is 12.9. The summed E-state index contributed by atoms with van der Waals surface area (Å²) in [6, 6.07) is 3.05. The smallest absolute Gasteiger partial charge is 0.256 e. The number of amidine groups is 1. The van der Waals surface area contributed by atoms with Crippen molar-refractivity contribution < 1.29 is 17.7 Å². The minimum Gasteiger partial charge on any atom is -0.340 e. The number of carbonyl (C=O) groups is 1. The third-order valence-corrected chi connectivity index (χ3v) is 5.85. The second kappa shape index (κ2) is 7.82. The van der Waals surface area contributed by atoms with Crippen LogP contribution in [-0.2, 0) is 14.8 Å². The van der Waals surface area contributed by atoms with Crippen LogP contribution in [0.15, 0.2) is 57.4 Å². The SMILES string of the molecule is CC(C)C(NC(=O)C1=CN2CCS(=O)(=O)N=C2C=C1)c1nc(-c2ccncc2)no1. The lowest BCUT2D eigenvalue weighted by Gasteiger charge is -2.27. The Hall–Kier alpha value is -3.34. The van der Waals surface area contributed by atoms with Crippen molar-refractivity contribution in [3.8, 4) is 11.4 Å². The van der Waals surface area contributed by atoms with E-state index in [0.717, 1.165) is 5.56 Å². The Balaban J connectivity index is 1.52.